The summed E-state index contributed by atoms with van der Waals surface area (Å²) in [6.07, 6.45) is 7.70. The monoisotopic (exact) mass is 261 g/mol. The van der Waals surface area contributed by atoms with Gasteiger partial charge in [0.25, 0.3) is 0 Å². The zero-order chi connectivity index (χ0) is 13.7. The van der Waals surface area contributed by atoms with E-state index in [2.05, 4.69) is 32.0 Å². The van der Waals surface area contributed by atoms with Crippen LogP contribution < -0.4 is 10.5 Å². The Bertz CT molecular complexity index is 396. The fraction of sp³-hybridized carbons (Fsp3) is 0.647. The summed E-state index contributed by atoms with van der Waals surface area (Å²) in [6.45, 7) is 4.95. The Balaban J connectivity index is 1.76. The summed E-state index contributed by atoms with van der Waals surface area (Å²) >= 11 is 0. The van der Waals surface area contributed by atoms with Gasteiger partial charge in [-0.2, -0.15) is 0 Å². The lowest BCUT2D eigenvalue weighted by Gasteiger charge is -2.27. The van der Waals surface area contributed by atoms with E-state index in [4.69, 9.17) is 10.5 Å². The SMILES string of the molecule is Cc1ccc(OCCC(N)C2CCCCC2)c(C)c1. The molecule has 2 rings (SSSR count). The lowest BCUT2D eigenvalue weighted by molar-refractivity contribution is 0.242. The quantitative estimate of drug-likeness (QED) is 0.870. The summed E-state index contributed by atoms with van der Waals surface area (Å²) in [5.41, 5.74) is 8.79. The Kier molecular flexibility index (Phi) is 5.26. The maximum Gasteiger partial charge on any atom is 0.122 e. The van der Waals surface area contributed by atoms with E-state index >= 15 is 0 Å². The fourth-order valence-corrected chi connectivity index (χ4v) is 3.06. The first kappa shape index (κ1) is 14.4. The second-order valence-corrected chi connectivity index (χ2v) is 5.97. The topological polar surface area (TPSA) is 35.2 Å². The van der Waals surface area contributed by atoms with E-state index in [1.54, 1.807) is 0 Å². The summed E-state index contributed by atoms with van der Waals surface area (Å²) < 4.78 is 5.87. The molecule has 2 nitrogen and oxygen atoms in total. The highest BCUT2D eigenvalue weighted by Crippen LogP contribution is 2.27. The third-order valence-corrected chi connectivity index (χ3v) is 4.29. The standard InChI is InChI=1S/C17H27NO/c1-13-8-9-17(14(2)12-13)19-11-10-16(18)15-6-4-3-5-7-15/h8-9,12,15-16H,3-7,10-11,18H2,1-2H3. The molecule has 0 spiro atoms. The number of benzene rings is 1. The number of hydrogen-bond donors (Lipinski definition) is 1. The van der Waals surface area contributed by atoms with Crippen LogP contribution in [0.5, 0.6) is 5.75 Å². The van der Waals surface area contributed by atoms with Crippen molar-refractivity contribution in [2.24, 2.45) is 11.7 Å². The maximum atomic E-state index is 6.29. The van der Waals surface area contributed by atoms with Gasteiger partial charge in [-0.3, -0.25) is 0 Å². The zero-order valence-corrected chi connectivity index (χ0v) is 12.3. The van der Waals surface area contributed by atoms with Gasteiger partial charge < -0.3 is 10.5 Å². The minimum absolute atomic E-state index is 0.311. The van der Waals surface area contributed by atoms with E-state index in [-0.39, 0.29) is 0 Å². The molecule has 2 N–H and O–H groups in total. The van der Waals surface area contributed by atoms with Crippen molar-refractivity contribution >= 4 is 0 Å². The third-order valence-electron chi connectivity index (χ3n) is 4.29. The average molecular weight is 261 g/mol. The van der Waals surface area contributed by atoms with Crippen LogP contribution >= 0.6 is 0 Å². The van der Waals surface area contributed by atoms with Gasteiger partial charge in [0.1, 0.15) is 5.75 Å². The summed E-state index contributed by atoms with van der Waals surface area (Å²) in [4.78, 5) is 0. The molecule has 1 aromatic rings. The fourth-order valence-electron chi connectivity index (χ4n) is 3.06. The van der Waals surface area contributed by atoms with E-state index < -0.39 is 0 Å². The average Bonchev–Trinajstić information content (AvgIpc) is 2.42. The van der Waals surface area contributed by atoms with Crippen molar-refractivity contribution in [1.29, 1.82) is 0 Å². The molecule has 1 fully saturated rings. The number of nitrogens with two attached hydrogens (primary N) is 1. The van der Waals surface area contributed by atoms with Crippen LogP contribution in [0, 0.1) is 19.8 Å². The molecule has 1 aromatic carbocycles. The largest absolute Gasteiger partial charge is 0.493 e. The van der Waals surface area contributed by atoms with E-state index in [1.807, 2.05) is 0 Å². The van der Waals surface area contributed by atoms with Crippen molar-refractivity contribution in [3.05, 3.63) is 29.3 Å². The van der Waals surface area contributed by atoms with Crippen LogP contribution in [0.1, 0.15) is 49.7 Å². The van der Waals surface area contributed by atoms with Gasteiger partial charge in [-0.1, -0.05) is 37.0 Å². The molecule has 0 aromatic heterocycles. The van der Waals surface area contributed by atoms with Crippen molar-refractivity contribution in [2.75, 3.05) is 6.61 Å². The van der Waals surface area contributed by atoms with E-state index in [1.165, 1.54) is 43.2 Å². The van der Waals surface area contributed by atoms with Gasteiger partial charge in [0.2, 0.25) is 0 Å². The Morgan fingerprint density at radius 2 is 1.95 bits per heavy atom. The first-order valence-corrected chi connectivity index (χ1v) is 7.62. The molecule has 19 heavy (non-hydrogen) atoms. The normalized spacial score (nSPS) is 18.3. The van der Waals surface area contributed by atoms with Crippen LogP contribution in [-0.2, 0) is 0 Å². The van der Waals surface area contributed by atoms with Crippen molar-refractivity contribution in [2.45, 2.75) is 58.4 Å². The van der Waals surface area contributed by atoms with Crippen molar-refractivity contribution in [1.82, 2.24) is 0 Å². The van der Waals surface area contributed by atoms with E-state index in [0.29, 0.717) is 6.04 Å². The van der Waals surface area contributed by atoms with Crippen LogP contribution in [0.2, 0.25) is 0 Å². The molecule has 106 valence electrons. The highest BCUT2D eigenvalue weighted by atomic mass is 16.5. The molecular weight excluding hydrogens is 234 g/mol. The summed E-state index contributed by atoms with van der Waals surface area (Å²) in [6, 6.07) is 6.64. The maximum absolute atomic E-state index is 6.29. The molecule has 0 saturated heterocycles. The van der Waals surface area contributed by atoms with Gasteiger partial charge in [0, 0.05) is 6.04 Å². The number of hydrogen-bond acceptors (Lipinski definition) is 2. The molecule has 1 saturated carbocycles. The van der Waals surface area contributed by atoms with E-state index in [9.17, 15) is 0 Å². The van der Waals surface area contributed by atoms with Crippen molar-refractivity contribution in [3.8, 4) is 5.75 Å². The van der Waals surface area contributed by atoms with Crippen molar-refractivity contribution < 1.29 is 4.74 Å². The van der Waals surface area contributed by atoms with Gasteiger partial charge in [-0.05, 0) is 50.7 Å². The predicted molar refractivity (Wildman–Crippen MR) is 80.6 cm³/mol. The molecule has 0 aliphatic heterocycles. The second-order valence-electron chi connectivity index (χ2n) is 5.97. The van der Waals surface area contributed by atoms with Gasteiger partial charge in [0.05, 0.1) is 6.61 Å². The highest BCUT2D eigenvalue weighted by molar-refractivity contribution is 5.35. The van der Waals surface area contributed by atoms with Crippen LogP contribution in [0.25, 0.3) is 0 Å². The first-order valence-electron chi connectivity index (χ1n) is 7.62. The minimum atomic E-state index is 0.311. The molecule has 0 amide bonds. The zero-order valence-electron chi connectivity index (χ0n) is 12.3. The van der Waals surface area contributed by atoms with E-state index in [0.717, 1.165) is 24.7 Å². The van der Waals surface area contributed by atoms with Crippen LogP contribution in [0.3, 0.4) is 0 Å². The smallest absolute Gasteiger partial charge is 0.122 e. The van der Waals surface area contributed by atoms with Crippen LogP contribution in [0.4, 0.5) is 0 Å². The Morgan fingerprint density at radius 1 is 1.21 bits per heavy atom. The van der Waals surface area contributed by atoms with Gasteiger partial charge in [-0.25, -0.2) is 0 Å². The minimum Gasteiger partial charge on any atom is -0.493 e. The molecule has 1 unspecified atom stereocenters. The summed E-state index contributed by atoms with van der Waals surface area (Å²) in [5, 5.41) is 0. The molecule has 1 aliphatic rings. The number of aryl methyl sites for hydroxylation is 2. The highest BCUT2D eigenvalue weighted by Gasteiger charge is 2.20. The molecule has 1 aliphatic carbocycles. The lowest BCUT2D eigenvalue weighted by atomic mass is 9.83. The third kappa shape index (κ3) is 4.24. The Labute approximate surface area is 117 Å². The Morgan fingerprint density at radius 3 is 2.63 bits per heavy atom. The molecule has 0 bridgehead atoms. The molecule has 1 atom stereocenters. The summed E-state index contributed by atoms with van der Waals surface area (Å²) in [7, 11) is 0. The van der Waals surface area contributed by atoms with Gasteiger partial charge in [-0.15, -0.1) is 0 Å². The van der Waals surface area contributed by atoms with Crippen LogP contribution in [-0.4, -0.2) is 12.6 Å². The molecular formula is C17H27NO. The van der Waals surface area contributed by atoms with Crippen molar-refractivity contribution in [3.63, 3.8) is 0 Å². The predicted octanol–water partition coefficient (Wildman–Crippen LogP) is 3.98. The molecule has 2 heteroatoms. The molecule has 0 heterocycles. The first-order chi connectivity index (χ1) is 9.16. The number of ether oxygens (including phenoxy) is 1. The van der Waals surface area contributed by atoms with Gasteiger partial charge >= 0.3 is 0 Å². The van der Waals surface area contributed by atoms with Gasteiger partial charge in [0.15, 0.2) is 0 Å². The lowest BCUT2D eigenvalue weighted by Crippen LogP contribution is -2.33. The summed E-state index contributed by atoms with van der Waals surface area (Å²) in [5.74, 6) is 1.72. The number of rotatable bonds is 5. The second kappa shape index (κ2) is 6.95. The Hall–Kier alpha value is -1.02. The van der Waals surface area contributed by atoms with Crippen LogP contribution in [0.15, 0.2) is 18.2 Å². The molecule has 0 radical (unpaired) electrons.